The van der Waals surface area contributed by atoms with Crippen molar-refractivity contribution in [1.82, 2.24) is 5.32 Å². The van der Waals surface area contributed by atoms with Crippen LogP contribution in [0.2, 0.25) is 0 Å². The molecule has 1 saturated heterocycles. The number of piperidine rings is 1. The Labute approximate surface area is 201 Å². The largest absolute Gasteiger partial charge is 0.416 e. The molecule has 6 rings (SSSR count). The minimum absolute atomic E-state index is 0.193. The van der Waals surface area contributed by atoms with E-state index in [2.05, 4.69) is 53.1 Å². The predicted octanol–water partition coefficient (Wildman–Crippen LogP) is 7.02. The first-order valence-corrected chi connectivity index (χ1v) is 12.6. The highest BCUT2D eigenvalue weighted by atomic mass is 32.2. The monoisotopic (exact) mass is 478 g/mol. The van der Waals surface area contributed by atoms with E-state index in [1.54, 1.807) is 0 Å². The first kappa shape index (κ1) is 21.8. The van der Waals surface area contributed by atoms with E-state index in [1.165, 1.54) is 46.2 Å². The molecule has 2 aliphatic heterocycles. The van der Waals surface area contributed by atoms with Crippen LogP contribution in [0.15, 0.2) is 64.4 Å². The number of benzene rings is 3. The summed E-state index contributed by atoms with van der Waals surface area (Å²) < 4.78 is 41.3. The van der Waals surface area contributed by atoms with Crippen molar-refractivity contribution in [1.29, 1.82) is 0 Å². The summed E-state index contributed by atoms with van der Waals surface area (Å²) in [5.74, 6) is 0. The predicted molar refractivity (Wildman–Crippen MR) is 132 cm³/mol. The van der Waals surface area contributed by atoms with Gasteiger partial charge in [-0.05, 0) is 83.9 Å². The summed E-state index contributed by atoms with van der Waals surface area (Å²) in [6.45, 7) is 1.78. The molecular weight excluding hydrogens is 453 g/mol. The fraction of sp³-hybridized carbons (Fsp3) is 0.286. The quantitative estimate of drug-likeness (QED) is 0.331. The van der Waals surface area contributed by atoms with Crippen LogP contribution in [0.3, 0.4) is 0 Å². The number of nitrogens with one attached hydrogen (secondary N) is 2. The van der Waals surface area contributed by atoms with Crippen molar-refractivity contribution < 1.29 is 13.2 Å². The minimum atomic E-state index is -4.37. The molecule has 174 valence electrons. The van der Waals surface area contributed by atoms with Crippen molar-refractivity contribution in [3.05, 3.63) is 88.0 Å². The highest BCUT2D eigenvalue weighted by molar-refractivity contribution is 7.99. The van der Waals surface area contributed by atoms with Crippen molar-refractivity contribution >= 4 is 29.1 Å². The SMILES string of the molecule is FC(F)(F)c1cc(NC2CCNCC2)c2c(c1)Sc1cc(C3=Cc4ccccc4C3)ccc1C2. The molecule has 6 heteroatoms. The maximum atomic E-state index is 13.8. The second kappa shape index (κ2) is 8.51. The molecule has 0 amide bonds. The number of fused-ring (bicyclic) bond motifs is 3. The molecule has 2 heterocycles. The molecule has 0 atom stereocenters. The number of hydrogen-bond acceptors (Lipinski definition) is 3. The van der Waals surface area contributed by atoms with Gasteiger partial charge in [0, 0.05) is 27.9 Å². The molecule has 3 aliphatic rings. The fourth-order valence-corrected chi connectivity index (χ4v) is 6.35. The summed E-state index contributed by atoms with van der Waals surface area (Å²) in [5, 5.41) is 6.77. The maximum Gasteiger partial charge on any atom is 0.416 e. The van der Waals surface area contributed by atoms with Crippen LogP contribution in [0.4, 0.5) is 18.9 Å². The molecule has 0 saturated carbocycles. The molecular formula is C28H25F3N2S. The van der Waals surface area contributed by atoms with Crippen molar-refractivity contribution in [2.45, 2.75) is 47.7 Å². The zero-order valence-electron chi connectivity index (χ0n) is 18.6. The van der Waals surface area contributed by atoms with Crippen molar-refractivity contribution in [2.75, 3.05) is 18.4 Å². The van der Waals surface area contributed by atoms with Crippen LogP contribution < -0.4 is 10.6 Å². The van der Waals surface area contributed by atoms with E-state index < -0.39 is 11.7 Å². The van der Waals surface area contributed by atoms with Gasteiger partial charge in [-0.2, -0.15) is 13.2 Å². The molecule has 1 fully saturated rings. The Morgan fingerprint density at radius 2 is 1.71 bits per heavy atom. The molecule has 3 aromatic rings. The molecule has 0 spiro atoms. The second-order valence-corrected chi connectivity index (χ2v) is 10.4. The molecule has 0 radical (unpaired) electrons. The van der Waals surface area contributed by atoms with E-state index in [0.717, 1.165) is 48.4 Å². The van der Waals surface area contributed by atoms with Gasteiger partial charge in [-0.3, -0.25) is 0 Å². The summed E-state index contributed by atoms with van der Waals surface area (Å²) in [4.78, 5) is 1.76. The first-order chi connectivity index (χ1) is 16.4. The Hall–Kier alpha value is -2.70. The zero-order chi connectivity index (χ0) is 23.3. The summed E-state index contributed by atoms with van der Waals surface area (Å²) in [6, 6.07) is 17.7. The Morgan fingerprint density at radius 3 is 2.50 bits per heavy atom. The lowest BCUT2D eigenvalue weighted by atomic mass is 9.96. The third-order valence-electron chi connectivity index (χ3n) is 7.03. The third kappa shape index (κ3) is 4.14. The molecule has 1 aliphatic carbocycles. The van der Waals surface area contributed by atoms with Crippen molar-refractivity contribution in [3.63, 3.8) is 0 Å². The number of anilines is 1. The average molecular weight is 479 g/mol. The number of allylic oxidation sites excluding steroid dienone is 1. The fourth-order valence-electron chi connectivity index (χ4n) is 5.17. The van der Waals surface area contributed by atoms with Gasteiger partial charge in [0.2, 0.25) is 0 Å². The highest BCUT2D eigenvalue weighted by Crippen LogP contribution is 2.47. The molecule has 34 heavy (non-hydrogen) atoms. The van der Waals surface area contributed by atoms with Gasteiger partial charge in [0.25, 0.3) is 0 Å². The Kier molecular flexibility index (Phi) is 5.46. The lowest BCUT2D eigenvalue weighted by molar-refractivity contribution is -0.137. The molecule has 2 nitrogen and oxygen atoms in total. The molecule has 2 N–H and O–H groups in total. The number of rotatable bonds is 3. The Bertz CT molecular complexity index is 1290. The van der Waals surface area contributed by atoms with Crippen LogP contribution in [0.1, 0.15) is 46.2 Å². The van der Waals surface area contributed by atoms with Gasteiger partial charge in [-0.1, -0.05) is 54.2 Å². The Morgan fingerprint density at radius 1 is 0.882 bits per heavy atom. The van der Waals surface area contributed by atoms with E-state index in [9.17, 15) is 13.2 Å². The van der Waals surface area contributed by atoms with Gasteiger partial charge >= 0.3 is 6.18 Å². The lowest BCUT2D eigenvalue weighted by Crippen LogP contribution is -2.35. The van der Waals surface area contributed by atoms with Gasteiger partial charge in [-0.25, -0.2) is 0 Å². The van der Waals surface area contributed by atoms with Gasteiger partial charge in [0.1, 0.15) is 0 Å². The maximum absolute atomic E-state index is 13.8. The molecule has 0 unspecified atom stereocenters. The van der Waals surface area contributed by atoms with E-state index in [-0.39, 0.29) is 6.04 Å². The van der Waals surface area contributed by atoms with E-state index in [1.807, 2.05) is 6.07 Å². The smallest absolute Gasteiger partial charge is 0.382 e. The number of alkyl halides is 3. The lowest BCUT2D eigenvalue weighted by Gasteiger charge is -2.29. The van der Waals surface area contributed by atoms with E-state index in [4.69, 9.17) is 0 Å². The Balaban J connectivity index is 1.34. The summed E-state index contributed by atoms with van der Waals surface area (Å²) >= 11 is 1.47. The van der Waals surface area contributed by atoms with Gasteiger partial charge in [0.15, 0.2) is 0 Å². The van der Waals surface area contributed by atoms with Gasteiger partial charge in [0.05, 0.1) is 5.56 Å². The summed E-state index contributed by atoms with van der Waals surface area (Å²) in [7, 11) is 0. The summed E-state index contributed by atoms with van der Waals surface area (Å²) in [5.41, 5.74) is 7.17. The molecule has 0 bridgehead atoms. The highest BCUT2D eigenvalue weighted by Gasteiger charge is 2.34. The number of halogens is 3. The third-order valence-corrected chi connectivity index (χ3v) is 8.21. The second-order valence-electron chi connectivity index (χ2n) is 9.31. The van der Waals surface area contributed by atoms with Crippen LogP contribution in [0.5, 0.6) is 0 Å². The molecule has 3 aromatic carbocycles. The summed E-state index contributed by atoms with van der Waals surface area (Å²) in [6.07, 6.45) is 1.21. The normalized spacial score (nSPS) is 17.6. The van der Waals surface area contributed by atoms with Gasteiger partial charge < -0.3 is 10.6 Å². The number of hydrogen-bond donors (Lipinski definition) is 2. The van der Waals surface area contributed by atoms with Gasteiger partial charge in [-0.15, -0.1) is 0 Å². The minimum Gasteiger partial charge on any atom is -0.382 e. The van der Waals surface area contributed by atoms with Crippen molar-refractivity contribution in [3.8, 4) is 0 Å². The topological polar surface area (TPSA) is 24.1 Å². The first-order valence-electron chi connectivity index (χ1n) is 11.7. The van der Waals surface area contributed by atoms with E-state index >= 15 is 0 Å². The van der Waals surface area contributed by atoms with Crippen LogP contribution in [0, 0.1) is 0 Å². The van der Waals surface area contributed by atoms with Crippen LogP contribution >= 0.6 is 11.8 Å². The average Bonchev–Trinajstić information content (AvgIpc) is 3.27. The van der Waals surface area contributed by atoms with Crippen LogP contribution in [0.25, 0.3) is 11.6 Å². The van der Waals surface area contributed by atoms with E-state index in [0.29, 0.717) is 17.0 Å². The van der Waals surface area contributed by atoms with Crippen LogP contribution in [-0.2, 0) is 19.0 Å². The van der Waals surface area contributed by atoms with Crippen LogP contribution in [-0.4, -0.2) is 19.1 Å². The molecule has 0 aromatic heterocycles. The zero-order valence-corrected chi connectivity index (χ0v) is 19.5. The standard InChI is InChI=1S/C28H25F3N2S/c29-28(30,31)22-15-25(33-23-7-9-32-10-8-23)24-13-20-6-5-19(14-26(20)34-27(24)16-22)21-11-17-3-1-2-4-18(17)12-21/h1-6,11,14-16,23,32-33H,7-10,12-13H2. The van der Waals surface area contributed by atoms with Crippen molar-refractivity contribution in [2.24, 2.45) is 0 Å².